The topological polar surface area (TPSA) is 69.9 Å². The van der Waals surface area contributed by atoms with Crippen molar-refractivity contribution in [2.45, 2.75) is 25.6 Å². The van der Waals surface area contributed by atoms with Crippen LogP contribution in [-0.4, -0.2) is 21.4 Å². The number of fused-ring (bicyclic) bond motifs is 1. The van der Waals surface area contributed by atoms with Gasteiger partial charge < -0.3 is 20.1 Å². The second-order valence-corrected chi connectivity index (χ2v) is 5.21. The summed E-state index contributed by atoms with van der Waals surface area (Å²) in [6.45, 7) is 1.70. The second-order valence-electron chi connectivity index (χ2n) is 5.21. The quantitative estimate of drug-likeness (QED) is 0.755. The fourth-order valence-corrected chi connectivity index (χ4v) is 2.62. The maximum Gasteiger partial charge on any atom is 0.153 e. The Hall–Kier alpha value is -2.27. The summed E-state index contributed by atoms with van der Waals surface area (Å²) in [4.78, 5) is 0. The van der Waals surface area contributed by atoms with Crippen LogP contribution in [0.3, 0.4) is 0 Å². The number of halogens is 1. The second kappa shape index (κ2) is 4.93. The van der Waals surface area contributed by atoms with Crippen molar-refractivity contribution in [3.63, 3.8) is 0 Å². The zero-order valence-corrected chi connectivity index (χ0v) is 11.4. The molecule has 2 aromatic rings. The van der Waals surface area contributed by atoms with Crippen LogP contribution in [0.1, 0.15) is 22.8 Å². The van der Waals surface area contributed by atoms with Crippen LogP contribution in [0, 0.1) is 12.7 Å². The van der Waals surface area contributed by atoms with Crippen LogP contribution < -0.4 is 4.74 Å². The molecule has 21 heavy (non-hydrogen) atoms. The SMILES string of the molecule is Cc1c(O)ccc2c1OC(c1cc(O)ccc1F)C(O)C2. The first-order chi connectivity index (χ1) is 9.97. The Labute approximate surface area is 121 Å². The minimum atomic E-state index is -0.933. The number of ether oxygens (including phenoxy) is 1. The molecule has 0 radical (unpaired) electrons. The molecule has 4 nitrogen and oxygen atoms in total. The number of hydrogen-bond donors (Lipinski definition) is 3. The lowest BCUT2D eigenvalue weighted by Crippen LogP contribution is -2.31. The molecule has 5 heteroatoms. The zero-order valence-electron chi connectivity index (χ0n) is 11.4. The average molecular weight is 290 g/mol. The molecule has 0 saturated heterocycles. The lowest BCUT2D eigenvalue weighted by Gasteiger charge is -2.32. The number of phenolic OH excluding ortho intramolecular Hbond substituents is 2. The smallest absolute Gasteiger partial charge is 0.153 e. The van der Waals surface area contributed by atoms with E-state index in [4.69, 9.17) is 4.74 Å². The molecule has 0 aromatic heterocycles. The number of phenols is 2. The summed E-state index contributed by atoms with van der Waals surface area (Å²) in [6.07, 6.45) is -1.57. The first-order valence-corrected chi connectivity index (χ1v) is 6.62. The maximum absolute atomic E-state index is 13.9. The van der Waals surface area contributed by atoms with Crippen molar-refractivity contribution in [3.8, 4) is 17.2 Å². The molecular weight excluding hydrogens is 275 g/mol. The summed E-state index contributed by atoms with van der Waals surface area (Å²) in [5.74, 6) is -0.118. The molecule has 1 aliphatic heterocycles. The van der Waals surface area contributed by atoms with Gasteiger partial charge in [-0.3, -0.25) is 0 Å². The Morgan fingerprint density at radius 1 is 1.19 bits per heavy atom. The van der Waals surface area contributed by atoms with E-state index in [1.165, 1.54) is 12.1 Å². The van der Waals surface area contributed by atoms with Gasteiger partial charge in [0.15, 0.2) is 6.10 Å². The number of aromatic hydroxyl groups is 2. The lowest BCUT2D eigenvalue weighted by molar-refractivity contribution is 0.0180. The van der Waals surface area contributed by atoms with Gasteiger partial charge in [-0.1, -0.05) is 6.07 Å². The molecule has 2 aromatic carbocycles. The summed E-state index contributed by atoms with van der Waals surface area (Å²) in [5.41, 5.74) is 1.40. The van der Waals surface area contributed by atoms with Gasteiger partial charge in [0, 0.05) is 17.5 Å². The Morgan fingerprint density at radius 3 is 2.71 bits per heavy atom. The molecule has 2 atom stereocenters. The van der Waals surface area contributed by atoms with Gasteiger partial charge in [0.25, 0.3) is 0 Å². The molecule has 0 fully saturated rings. The molecule has 0 amide bonds. The first kappa shape index (κ1) is 13.7. The summed E-state index contributed by atoms with van der Waals surface area (Å²) < 4.78 is 19.6. The third-order valence-corrected chi connectivity index (χ3v) is 3.77. The van der Waals surface area contributed by atoms with Crippen molar-refractivity contribution in [3.05, 3.63) is 52.8 Å². The minimum Gasteiger partial charge on any atom is -0.508 e. The van der Waals surface area contributed by atoms with Crippen molar-refractivity contribution >= 4 is 0 Å². The van der Waals surface area contributed by atoms with Crippen molar-refractivity contribution < 1.29 is 24.4 Å². The summed E-state index contributed by atoms with van der Waals surface area (Å²) in [7, 11) is 0. The molecular formula is C16H15FO4. The van der Waals surface area contributed by atoms with E-state index >= 15 is 0 Å². The Balaban J connectivity index is 2.06. The van der Waals surface area contributed by atoms with Crippen LogP contribution in [0.15, 0.2) is 30.3 Å². The van der Waals surface area contributed by atoms with Crippen LogP contribution in [0.25, 0.3) is 0 Å². The highest BCUT2D eigenvalue weighted by Crippen LogP contribution is 2.41. The van der Waals surface area contributed by atoms with E-state index in [-0.39, 0.29) is 23.5 Å². The molecule has 1 heterocycles. The summed E-state index contributed by atoms with van der Waals surface area (Å²) in [5, 5.41) is 29.5. The van der Waals surface area contributed by atoms with Crippen LogP contribution in [-0.2, 0) is 6.42 Å². The predicted octanol–water partition coefficient (Wildman–Crippen LogP) is 2.58. The average Bonchev–Trinajstić information content (AvgIpc) is 2.45. The monoisotopic (exact) mass is 290 g/mol. The van der Waals surface area contributed by atoms with Gasteiger partial charge in [-0.25, -0.2) is 4.39 Å². The number of benzene rings is 2. The van der Waals surface area contributed by atoms with Crippen molar-refractivity contribution in [1.82, 2.24) is 0 Å². The van der Waals surface area contributed by atoms with E-state index in [9.17, 15) is 19.7 Å². The third kappa shape index (κ3) is 2.29. The third-order valence-electron chi connectivity index (χ3n) is 3.77. The molecule has 110 valence electrons. The van der Waals surface area contributed by atoms with Crippen molar-refractivity contribution in [1.29, 1.82) is 0 Å². The van der Waals surface area contributed by atoms with Crippen LogP contribution in [0.2, 0.25) is 0 Å². The van der Waals surface area contributed by atoms with E-state index in [2.05, 4.69) is 0 Å². The Kier molecular flexibility index (Phi) is 3.22. The van der Waals surface area contributed by atoms with Crippen molar-refractivity contribution in [2.75, 3.05) is 0 Å². The van der Waals surface area contributed by atoms with E-state index in [0.717, 1.165) is 11.6 Å². The number of rotatable bonds is 1. The maximum atomic E-state index is 13.9. The fraction of sp³-hybridized carbons (Fsp3) is 0.250. The van der Waals surface area contributed by atoms with E-state index in [1.54, 1.807) is 19.1 Å². The number of aliphatic hydroxyl groups is 1. The molecule has 3 N–H and O–H groups in total. The standard InChI is InChI=1S/C16H15FO4/c1-8-13(19)5-2-9-6-14(20)16(21-15(8)9)11-7-10(18)3-4-12(11)17/h2-5,7,14,16,18-20H,6H2,1H3. The van der Waals surface area contributed by atoms with Gasteiger partial charge in [-0.05, 0) is 36.8 Å². The predicted molar refractivity (Wildman–Crippen MR) is 74.0 cm³/mol. The number of hydrogen-bond acceptors (Lipinski definition) is 4. The van der Waals surface area contributed by atoms with Gasteiger partial charge in [0.05, 0.1) is 6.10 Å². The van der Waals surface area contributed by atoms with Crippen LogP contribution in [0.4, 0.5) is 4.39 Å². The van der Waals surface area contributed by atoms with Gasteiger partial charge >= 0.3 is 0 Å². The van der Waals surface area contributed by atoms with Gasteiger partial charge in [0.2, 0.25) is 0 Å². The highest BCUT2D eigenvalue weighted by atomic mass is 19.1. The summed E-state index contributed by atoms with van der Waals surface area (Å²) in [6, 6.07) is 6.83. The highest BCUT2D eigenvalue weighted by Gasteiger charge is 2.33. The van der Waals surface area contributed by atoms with E-state index in [0.29, 0.717) is 11.3 Å². The molecule has 0 saturated carbocycles. The molecule has 2 unspecified atom stereocenters. The zero-order chi connectivity index (χ0) is 15.1. The first-order valence-electron chi connectivity index (χ1n) is 6.62. The van der Waals surface area contributed by atoms with Gasteiger partial charge in [-0.15, -0.1) is 0 Å². The molecule has 0 bridgehead atoms. The molecule has 0 aliphatic carbocycles. The lowest BCUT2D eigenvalue weighted by atomic mass is 9.93. The normalized spacial score (nSPS) is 20.7. The van der Waals surface area contributed by atoms with E-state index in [1.807, 2.05) is 0 Å². The molecule has 1 aliphatic rings. The van der Waals surface area contributed by atoms with Crippen molar-refractivity contribution in [2.24, 2.45) is 0 Å². The minimum absolute atomic E-state index is 0.0836. The highest BCUT2D eigenvalue weighted by molar-refractivity contribution is 5.50. The van der Waals surface area contributed by atoms with Crippen LogP contribution >= 0.6 is 0 Å². The van der Waals surface area contributed by atoms with E-state index < -0.39 is 18.0 Å². The Bertz CT molecular complexity index is 699. The van der Waals surface area contributed by atoms with Gasteiger partial charge in [0.1, 0.15) is 23.1 Å². The summed E-state index contributed by atoms with van der Waals surface area (Å²) >= 11 is 0. The largest absolute Gasteiger partial charge is 0.508 e. The number of aliphatic hydroxyl groups excluding tert-OH is 1. The Morgan fingerprint density at radius 2 is 1.95 bits per heavy atom. The van der Waals surface area contributed by atoms with Crippen LogP contribution in [0.5, 0.6) is 17.2 Å². The van der Waals surface area contributed by atoms with Gasteiger partial charge in [-0.2, -0.15) is 0 Å². The molecule has 3 rings (SSSR count). The fourth-order valence-electron chi connectivity index (χ4n) is 2.62. The molecule has 0 spiro atoms.